The maximum atomic E-state index is 2.43. The van der Waals surface area contributed by atoms with Crippen LogP contribution in [0.4, 0.5) is 0 Å². The highest BCUT2D eigenvalue weighted by Crippen LogP contribution is 2.38. The molecule has 0 saturated carbocycles. The SMILES string of the molecule is CCCCCCCCCCCCCCCCCCCCCCCCC(CC)(CC)CCCC. The van der Waals surface area contributed by atoms with Gasteiger partial charge in [-0.15, -0.1) is 0 Å². The molecule has 0 aromatic carbocycles. The van der Waals surface area contributed by atoms with Crippen LogP contribution in [0.15, 0.2) is 0 Å². The van der Waals surface area contributed by atoms with Crippen molar-refractivity contribution >= 4 is 0 Å². The van der Waals surface area contributed by atoms with E-state index in [0.29, 0.717) is 5.41 Å². The summed E-state index contributed by atoms with van der Waals surface area (Å²) in [5, 5.41) is 0. The van der Waals surface area contributed by atoms with Crippen molar-refractivity contribution in [1.82, 2.24) is 0 Å². The van der Waals surface area contributed by atoms with Crippen molar-refractivity contribution < 1.29 is 0 Å². The number of unbranched alkanes of at least 4 members (excludes halogenated alkanes) is 22. The van der Waals surface area contributed by atoms with E-state index in [4.69, 9.17) is 0 Å². The Balaban J connectivity index is 3.25. The lowest BCUT2D eigenvalue weighted by molar-refractivity contribution is 0.204. The van der Waals surface area contributed by atoms with Gasteiger partial charge in [-0.25, -0.2) is 0 Å². The van der Waals surface area contributed by atoms with Crippen LogP contribution in [0.5, 0.6) is 0 Å². The Bertz CT molecular complexity index is 340. The average molecular weight is 465 g/mol. The third-order valence-corrected chi connectivity index (χ3v) is 8.62. The molecule has 0 N–H and O–H groups in total. The Morgan fingerprint density at radius 2 is 0.515 bits per heavy atom. The quantitative estimate of drug-likeness (QED) is 0.101. The molecule has 0 spiro atoms. The molecule has 200 valence electrons. The standard InChI is InChI=1S/C33H68/c1-5-9-11-12-13-14-15-16-17-18-19-20-21-22-23-24-25-26-27-28-29-30-32-33(7-3,8-4)31-10-6-2/h5-32H2,1-4H3. The summed E-state index contributed by atoms with van der Waals surface area (Å²) in [5.41, 5.74) is 0.670. The van der Waals surface area contributed by atoms with Gasteiger partial charge in [-0.3, -0.25) is 0 Å². The molecule has 0 aliphatic heterocycles. The molecule has 0 nitrogen and oxygen atoms in total. The van der Waals surface area contributed by atoms with Gasteiger partial charge in [-0.2, -0.15) is 0 Å². The summed E-state index contributed by atoms with van der Waals surface area (Å²) in [7, 11) is 0. The van der Waals surface area contributed by atoms with E-state index in [0.717, 1.165) is 0 Å². The molecular formula is C33H68. The van der Waals surface area contributed by atoms with Gasteiger partial charge in [0.15, 0.2) is 0 Å². The van der Waals surface area contributed by atoms with Crippen molar-refractivity contribution in [1.29, 1.82) is 0 Å². The van der Waals surface area contributed by atoms with Crippen LogP contribution in [0, 0.1) is 5.41 Å². The van der Waals surface area contributed by atoms with Crippen molar-refractivity contribution in [3.63, 3.8) is 0 Å². The van der Waals surface area contributed by atoms with E-state index in [1.165, 1.54) is 180 Å². The third kappa shape index (κ3) is 22.2. The first-order valence-electron chi connectivity index (χ1n) is 16.2. The van der Waals surface area contributed by atoms with Gasteiger partial charge in [0.2, 0.25) is 0 Å². The van der Waals surface area contributed by atoms with Crippen molar-refractivity contribution in [2.24, 2.45) is 5.41 Å². The molecule has 0 aliphatic rings. The van der Waals surface area contributed by atoms with Crippen LogP contribution in [0.2, 0.25) is 0 Å². The van der Waals surface area contributed by atoms with Crippen molar-refractivity contribution in [2.75, 3.05) is 0 Å². The van der Waals surface area contributed by atoms with Gasteiger partial charge in [-0.05, 0) is 18.3 Å². The highest BCUT2D eigenvalue weighted by Gasteiger charge is 2.24. The number of hydrogen-bond acceptors (Lipinski definition) is 0. The van der Waals surface area contributed by atoms with Crippen molar-refractivity contribution in [2.45, 2.75) is 207 Å². The van der Waals surface area contributed by atoms with E-state index in [1.807, 2.05) is 0 Å². The van der Waals surface area contributed by atoms with Gasteiger partial charge < -0.3 is 0 Å². The van der Waals surface area contributed by atoms with Crippen LogP contribution in [-0.2, 0) is 0 Å². The molecule has 0 unspecified atom stereocenters. The summed E-state index contributed by atoms with van der Waals surface area (Å²) in [6, 6.07) is 0. The van der Waals surface area contributed by atoms with Crippen LogP contribution in [0.25, 0.3) is 0 Å². The minimum Gasteiger partial charge on any atom is -0.0654 e. The van der Waals surface area contributed by atoms with Gasteiger partial charge in [0.05, 0.1) is 0 Å². The van der Waals surface area contributed by atoms with E-state index in [9.17, 15) is 0 Å². The molecule has 0 aromatic heterocycles. The first-order valence-corrected chi connectivity index (χ1v) is 16.2. The second-order valence-electron chi connectivity index (χ2n) is 11.5. The topological polar surface area (TPSA) is 0 Å². The molecule has 0 saturated heterocycles. The van der Waals surface area contributed by atoms with Gasteiger partial charge >= 0.3 is 0 Å². The maximum Gasteiger partial charge on any atom is -0.0303 e. The van der Waals surface area contributed by atoms with Crippen molar-refractivity contribution in [3.05, 3.63) is 0 Å². The molecule has 0 aliphatic carbocycles. The fourth-order valence-electron chi connectivity index (χ4n) is 5.74. The highest BCUT2D eigenvalue weighted by molar-refractivity contribution is 4.76. The summed E-state index contributed by atoms with van der Waals surface area (Å²) in [6.07, 6.45) is 41.1. The monoisotopic (exact) mass is 465 g/mol. The number of rotatable bonds is 28. The Morgan fingerprint density at radius 1 is 0.273 bits per heavy atom. The molecule has 0 heteroatoms. The fourth-order valence-corrected chi connectivity index (χ4v) is 5.74. The van der Waals surface area contributed by atoms with Crippen LogP contribution in [0.3, 0.4) is 0 Å². The lowest BCUT2D eigenvalue weighted by atomic mass is 9.74. The second kappa shape index (κ2) is 26.6. The summed E-state index contributed by atoms with van der Waals surface area (Å²) in [4.78, 5) is 0. The van der Waals surface area contributed by atoms with Crippen LogP contribution < -0.4 is 0 Å². The van der Waals surface area contributed by atoms with Crippen LogP contribution >= 0.6 is 0 Å². The van der Waals surface area contributed by atoms with Crippen LogP contribution in [-0.4, -0.2) is 0 Å². The lowest BCUT2D eigenvalue weighted by Crippen LogP contribution is -2.18. The molecule has 0 atom stereocenters. The predicted octanol–water partition coefficient (Wildman–Crippen LogP) is 13.0. The minimum absolute atomic E-state index is 0.670. The number of hydrogen-bond donors (Lipinski definition) is 0. The van der Waals surface area contributed by atoms with Crippen molar-refractivity contribution in [3.8, 4) is 0 Å². The zero-order valence-corrected chi connectivity index (χ0v) is 24.3. The van der Waals surface area contributed by atoms with E-state index < -0.39 is 0 Å². The Hall–Kier alpha value is 0. The Kier molecular flexibility index (Phi) is 26.6. The minimum atomic E-state index is 0.670. The van der Waals surface area contributed by atoms with Gasteiger partial charge in [-0.1, -0.05) is 195 Å². The van der Waals surface area contributed by atoms with Gasteiger partial charge in [0.25, 0.3) is 0 Å². The van der Waals surface area contributed by atoms with E-state index >= 15 is 0 Å². The Labute approximate surface area is 212 Å². The molecule has 0 rings (SSSR count). The molecule has 0 bridgehead atoms. The third-order valence-electron chi connectivity index (χ3n) is 8.62. The van der Waals surface area contributed by atoms with E-state index in [-0.39, 0.29) is 0 Å². The molecule has 0 amide bonds. The largest absolute Gasteiger partial charge is 0.0654 e. The molecule has 33 heavy (non-hydrogen) atoms. The summed E-state index contributed by atoms with van der Waals surface area (Å²) in [6.45, 7) is 9.51. The fraction of sp³-hybridized carbons (Fsp3) is 1.00. The van der Waals surface area contributed by atoms with Gasteiger partial charge in [0, 0.05) is 0 Å². The summed E-state index contributed by atoms with van der Waals surface area (Å²) < 4.78 is 0. The lowest BCUT2D eigenvalue weighted by Gasteiger charge is -2.32. The van der Waals surface area contributed by atoms with E-state index in [2.05, 4.69) is 27.7 Å². The van der Waals surface area contributed by atoms with Crippen LogP contribution in [0.1, 0.15) is 207 Å². The second-order valence-corrected chi connectivity index (χ2v) is 11.5. The van der Waals surface area contributed by atoms with E-state index in [1.54, 1.807) is 0 Å². The smallest absolute Gasteiger partial charge is 0.0303 e. The first-order chi connectivity index (χ1) is 16.2. The maximum absolute atomic E-state index is 2.43. The molecule has 0 fully saturated rings. The van der Waals surface area contributed by atoms with Gasteiger partial charge in [0.1, 0.15) is 0 Å². The molecular weight excluding hydrogens is 396 g/mol. The normalized spacial score (nSPS) is 12.0. The molecule has 0 heterocycles. The summed E-state index contributed by atoms with van der Waals surface area (Å²) in [5.74, 6) is 0. The highest BCUT2D eigenvalue weighted by atomic mass is 14.3. The molecule has 0 aromatic rings. The predicted molar refractivity (Wildman–Crippen MR) is 154 cm³/mol. The Morgan fingerprint density at radius 3 is 0.788 bits per heavy atom. The zero-order valence-electron chi connectivity index (χ0n) is 24.3. The first kappa shape index (κ1) is 33.0. The zero-order chi connectivity index (χ0) is 24.3. The average Bonchev–Trinajstić information content (AvgIpc) is 2.84. The molecule has 0 radical (unpaired) electrons. The summed E-state index contributed by atoms with van der Waals surface area (Å²) >= 11 is 0.